The zero-order valence-electron chi connectivity index (χ0n) is 18.3. The normalized spacial score (nSPS) is 17.4. The Bertz CT molecular complexity index is 1150. The summed E-state index contributed by atoms with van der Waals surface area (Å²) >= 11 is 0. The summed E-state index contributed by atoms with van der Waals surface area (Å²) < 4.78 is 5.68. The molecule has 1 aliphatic rings. The molecule has 0 spiro atoms. The fraction of sp³-hybridized carbons (Fsp3) is 0.231. The van der Waals surface area contributed by atoms with Crippen molar-refractivity contribution in [1.29, 1.82) is 0 Å². The van der Waals surface area contributed by atoms with Crippen molar-refractivity contribution in [3.05, 3.63) is 95.6 Å². The van der Waals surface area contributed by atoms with Gasteiger partial charge in [0.2, 0.25) is 0 Å². The molecule has 3 aromatic rings. The number of hydrogen-bond donors (Lipinski definition) is 1. The van der Waals surface area contributed by atoms with Crippen LogP contribution in [-0.4, -0.2) is 38.3 Å². The van der Waals surface area contributed by atoms with E-state index in [-0.39, 0.29) is 17.9 Å². The maximum Gasteiger partial charge on any atom is 0.295 e. The second-order valence-corrected chi connectivity index (χ2v) is 7.80. The number of rotatable bonds is 8. The van der Waals surface area contributed by atoms with Gasteiger partial charge >= 0.3 is 0 Å². The highest BCUT2D eigenvalue weighted by Crippen LogP contribution is 2.40. The number of aliphatic hydroxyl groups excluding tert-OH is 1. The number of ether oxygens (including phenoxy) is 1. The summed E-state index contributed by atoms with van der Waals surface area (Å²) in [7, 11) is 0. The van der Waals surface area contributed by atoms with Crippen LogP contribution < -0.4 is 4.74 Å². The lowest BCUT2D eigenvalue weighted by molar-refractivity contribution is -0.140. The van der Waals surface area contributed by atoms with Crippen LogP contribution in [0.4, 0.5) is 0 Å². The van der Waals surface area contributed by atoms with Crippen molar-refractivity contribution in [2.45, 2.75) is 32.4 Å². The first-order valence-corrected chi connectivity index (χ1v) is 10.9. The molecular weight excluding hydrogens is 418 g/mol. The van der Waals surface area contributed by atoms with Crippen molar-refractivity contribution in [3.8, 4) is 5.75 Å². The molecule has 0 radical (unpaired) electrons. The van der Waals surface area contributed by atoms with E-state index >= 15 is 0 Å². The third-order valence-electron chi connectivity index (χ3n) is 5.51. The fourth-order valence-electron chi connectivity index (χ4n) is 3.81. The number of nitrogens with zero attached hydrogens (tertiary/aromatic N) is 3. The Morgan fingerprint density at radius 1 is 1.03 bits per heavy atom. The SMILES string of the molecule is CCCCOc1ccc(/C(O)=C2\C(=O)C(=O)N(Cc3cccnc3)C2c2cccnc2)cc1. The van der Waals surface area contributed by atoms with E-state index in [1.165, 1.54) is 4.90 Å². The quantitative estimate of drug-likeness (QED) is 0.242. The highest BCUT2D eigenvalue weighted by atomic mass is 16.5. The molecule has 2 aromatic heterocycles. The highest BCUT2D eigenvalue weighted by Gasteiger charge is 2.46. The molecule has 7 nitrogen and oxygen atoms in total. The van der Waals surface area contributed by atoms with Gasteiger partial charge in [-0.15, -0.1) is 0 Å². The van der Waals surface area contributed by atoms with Crippen molar-refractivity contribution >= 4 is 17.4 Å². The van der Waals surface area contributed by atoms with Crippen molar-refractivity contribution in [3.63, 3.8) is 0 Å². The summed E-state index contributed by atoms with van der Waals surface area (Å²) in [6.07, 6.45) is 8.50. The van der Waals surface area contributed by atoms with Crippen LogP contribution in [-0.2, 0) is 16.1 Å². The summed E-state index contributed by atoms with van der Waals surface area (Å²) in [6, 6.07) is 13.2. The van der Waals surface area contributed by atoms with E-state index in [2.05, 4.69) is 16.9 Å². The molecule has 1 N–H and O–H groups in total. The number of likely N-dealkylation sites (tertiary alicyclic amines) is 1. The van der Waals surface area contributed by atoms with Crippen LogP contribution >= 0.6 is 0 Å². The van der Waals surface area contributed by atoms with Crippen LogP contribution in [0.3, 0.4) is 0 Å². The zero-order chi connectivity index (χ0) is 23.2. The summed E-state index contributed by atoms with van der Waals surface area (Å²) in [4.78, 5) is 35.8. The highest BCUT2D eigenvalue weighted by molar-refractivity contribution is 6.46. The predicted molar refractivity (Wildman–Crippen MR) is 123 cm³/mol. The predicted octanol–water partition coefficient (Wildman–Crippen LogP) is 4.28. The first-order valence-electron chi connectivity index (χ1n) is 10.9. The first-order chi connectivity index (χ1) is 16.1. The maximum absolute atomic E-state index is 13.1. The molecule has 4 rings (SSSR count). The lowest BCUT2D eigenvalue weighted by Crippen LogP contribution is -2.29. The Hall–Kier alpha value is -4.00. The molecule has 1 atom stereocenters. The molecule has 0 bridgehead atoms. The Labute approximate surface area is 192 Å². The molecule has 1 aliphatic heterocycles. The summed E-state index contributed by atoms with van der Waals surface area (Å²) in [6.45, 7) is 2.88. The van der Waals surface area contributed by atoms with E-state index in [4.69, 9.17) is 4.74 Å². The van der Waals surface area contributed by atoms with E-state index in [0.29, 0.717) is 23.5 Å². The van der Waals surface area contributed by atoms with Gasteiger partial charge in [0.1, 0.15) is 11.5 Å². The first kappa shape index (κ1) is 22.2. The number of unbranched alkanes of at least 4 members (excludes halogenated alkanes) is 1. The Morgan fingerprint density at radius 3 is 2.39 bits per heavy atom. The van der Waals surface area contributed by atoms with Crippen molar-refractivity contribution in [1.82, 2.24) is 14.9 Å². The average molecular weight is 444 g/mol. The van der Waals surface area contributed by atoms with Gasteiger partial charge in [-0.1, -0.05) is 25.5 Å². The lowest BCUT2D eigenvalue weighted by Gasteiger charge is -2.25. The summed E-state index contributed by atoms with van der Waals surface area (Å²) in [5.41, 5.74) is 1.89. The molecule has 1 unspecified atom stereocenters. The zero-order valence-corrected chi connectivity index (χ0v) is 18.3. The van der Waals surface area contributed by atoms with Gasteiger partial charge in [-0.2, -0.15) is 0 Å². The van der Waals surface area contributed by atoms with Gasteiger partial charge in [-0.25, -0.2) is 0 Å². The van der Waals surface area contributed by atoms with Crippen molar-refractivity contribution < 1.29 is 19.4 Å². The van der Waals surface area contributed by atoms with Crippen LogP contribution in [0.1, 0.15) is 42.5 Å². The molecule has 1 aromatic carbocycles. The topological polar surface area (TPSA) is 92.6 Å². The van der Waals surface area contributed by atoms with Crippen molar-refractivity contribution in [2.75, 3.05) is 6.61 Å². The molecule has 0 aliphatic carbocycles. The van der Waals surface area contributed by atoms with E-state index in [0.717, 1.165) is 18.4 Å². The number of aromatic nitrogens is 2. The van der Waals surface area contributed by atoms with E-state index in [1.54, 1.807) is 67.3 Å². The van der Waals surface area contributed by atoms with Gasteiger partial charge in [0.15, 0.2) is 0 Å². The number of benzene rings is 1. The van der Waals surface area contributed by atoms with Gasteiger partial charge < -0.3 is 14.7 Å². The second-order valence-electron chi connectivity index (χ2n) is 7.80. The minimum Gasteiger partial charge on any atom is -0.507 e. The molecule has 1 saturated heterocycles. The Balaban J connectivity index is 1.72. The lowest BCUT2D eigenvalue weighted by atomic mass is 9.96. The van der Waals surface area contributed by atoms with Crippen LogP contribution in [0.5, 0.6) is 5.75 Å². The molecule has 7 heteroatoms. The van der Waals surface area contributed by atoms with Crippen LogP contribution in [0.25, 0.3) is 5.76 Å². The summed E-state index contributed by atoms with van der Waals surface area (Å²) in [5.74, 6) is -0.945. The third kappa shape index (κ3) is 4.77. The van der Waals surface area contributed by atoms with Crippen molar-refractivity contribution in [2.24, 2.45) is 0 Å². The van der Waals surface area contributed by atoms with Gasteiger partial charge in [0.05, 0.1) is 18.2 Å². The number of Topliss-reactive ketones (excluding diaryl/α,β-unsaturated/α-hetero) is 1. The number of carbonyl (C=O) groups is 2. The van der Waals surface area contributed by atoms with E-state index < -0.39 is 17.7 Å². The molecular formula is C26H25N3O4. The van der Waals surface area contributed by atoms with Gasteiger partial charge in [-0.05, 0) is 53.9 Å². The standard InChI is InChI=1S/C26H25N3O4/c1-2-3-14-33-21-10-8-19(9-11-21)24(30)22-23(20-7-5-13-28-16-20)29(26(32)25(22)31)17-18-6-4-12-27-15-18/h4-13,15-16,23,30H,2-3,14,17H2,1H3/b24-22+. The number of aliphatic hydroxyl groups is 1. The largest absolute Gasteiger partial charge is 0.507 e. The van der Waals surface area contributed by atoms with E-state index in [1.807, 2.05) is 6.07 Å². The molecule has 1 fully saturated rings. The van der Waals surface area contributed by atoms with Crippen LogP contribution in [0.15, 0.2) is 78.9 Å². The minimum atomic E-state index is -0.764. The van der Waals surface area contributed by atoms with Gasteiger partial charge in [0, 0.05) is 36.9 Å². The second kappa shape index (κ2) is 10.1. The fourth-order valence-corrected chi connectivity index (χ4v) is 3.81. The van der Waals surface area contributed by atoms with Gasteiger partial charge in [-0.3, -0.25) is 19.6 Å². The molecule has 1 amide bonds. The molecule has 168 valence electrons. The number of hydrogen-bond acceptors (Lipinski definition) is 6. The van der Waals surface area contributed by atoms with Crippen LogP contribution in [0, 0.1) is 0 Å². The smallest absolute Gasteiger partial charge is 0.295 e. The van der Waals surface area contributed by atoms with Gasteiger partial charge in [0.25, 0.3) is 11.7 Å². The molecule has 33 heavy (non-hydrogen) atoms. The average Bonchev–Trinajstić information content (AvgIpc) is 3.10. The van der Waals surface area contributed by atoms with E-state index in [9.17, 15) is 14.7 Å². The van der Waals surface area contributed by atoms with Crippen LogP contribution in [0.2, 0.25) is 0 Å². The molecule has 0 saturated carbocycles. The third-order valence-corrected chi connectivity index (χ3v) is 5.51. The Kier molecular flexibility index (Phi) is 6.78. The molecule has 3 heterocycles. The number of pyridine rings is 2. The number of amides is 1. The summed E-state index contributed by atoms with van der Waals surface area (Å²) in [5, 5.41) is 11.1. The number of ketones is 1. The monoisotopic (exact) mass is 443 g/mol. The number of carbonyl (C=O) groups excluding carboxylic acids is 2. The minimum absolute atomic E-state index is 0.0385. The Morgan fingerprint density at radius 2 is 1.76 bits per heavy atom. The maximum atomic E-state index is 13.1.